The van der Waals surface area contributed by atoms with Crippen LogP contribution >= 0.6 is 23.6 Å². The minimum atomic E-state index is 0.900. The van der Waals surface area contributed by atoms with Crippen molar-refractivity contribution in [2.45, 2.75) is 12.8 Å². The van der Waals surface area contributed by atoms with Crippen LogP contribution in [0.4, 0.5) is 0 Å². The summed E-state index contributed by atoms with van der Waals surface area (Å²) in [7, 11) is 0. The molecule has 0 radical (unpaired) electrons. The number of thiazole rings is 1. The maximum absolute atomic E-state index is 5.01. The van der Waals surface area contributed by atoms with E-state index in [1.807, 2.05) is 0 Å². The lowest BCUT2D eigenvalue weighted by atomic mass is 10.1. The van der Waals surface area contributed by atoms with Gasteiger partial charge in [0, 0.05) is 10.6 Å². The molecule has 0 spiro atoms. The molecule has 2 rings (SSSR count). The van der Waals surface area contributed by atoms with E-state index in [1.165, 1.54) is 10.6 Å². The normalized spacial score (nSPS) is 15.2. The third-order valence-corrected chi connectivity index (χ3v) is 2.83. The highest BCUT2D eigenvalue weighted by Crippen LogP contribution is 2.22. The molecule has 0 aromatic carbocycles. The van der Waals surface area contributed by atoms with Crippen molar-refractivity contribution < 1.29 is 0 Å². The minimum Gasteiger partial charge on any atom is -0.340 e. The van der Waals surface area contributed by atoms with Gasteiger partial charge in [0.05, 0.1) is 0 Å². The standard InChI is InChI=1S/C7H7NS2/c9-7-8-5-3-1-2-4-6(5)10-7/h2,4H,1,3H2,(H,8,9). The van der Waals surface area contributed by atoms with Crippen molar-refractivity contribution in [3.05, 3.63) is 20.6 Å². The zero-order valence-corrected chi connectivity index (χ0v) is 7.02. The zero-order chi connectivity index (χ0) is 6.97. The number of hydrogen-bond donors (Lipinski definition) is 1. The van der Waals surface area contributed by atoms with Gasteiger partial charge >= 0.3 is 0 Å². The van der Waals surface area contributed by atoms with Gasteiger partial charge < -0.3 is 4.98 Å². The van der Waals surface area contributed by atoms with Crippen molar-refractivity contribution in [1.82, 2.24) is 4.98 Å². The lowest BCUT2D eigenvalue weighted by Crippen LogP contribution is -1.89. The molecule has 1 aliphatic carbocycles. The lowest BCUT2D eigenvalue weighted by molar-refractivity contribution is 0.944. The van der Waals surface area contributed by atoms with Gasteiger partial charge in [0.15, 0.2) is 3.95 Å². The van der Waals surface area contributed by atoms with Gasteiger partial charge in [-0.15, -0.1) is 11.3 Å². The van der Waals surface area contributed by atoms with Crippen molar-refractivity contribution >= 4 is 29.6 Å². The Hall–Kier alpha value is -0.410. The van der Waals surface area contributed by atoms with E-state index in [2.05, 4.69) is 17.1 Å². The second-order valence-corrected chi connectivity index (χ2v) is 4.02. The smallest absolute Gasteiger partial charge is 0.159 e. The van der Waals surface area contributed by atoms with Gasteiger partial charge in [0.2, 0.25) is 0 Å². The van der Waals surface area contributed by atoms with Crippen LogP contribution in [-0.2, 0) is 6.42 Å². The monoisotopic (exact) mass is 169 g/mol. The molecule has 1 N–H and O–H groups in total. The summed E-state index contributed by atoms with van der Waals surface area (Å²) in [6.07, 6.45) is 6.62. The largest absolute Gasteiger partial charge is 0.340 e. The van der Waals surface area contributed by atoms with Crippen molar-refractivity contribution in [2.24, 2.45) is 0 Å². The van der Waals surface area contributed by atoms with Crippen LogP contribution in [-0.4, -0.2) is 4.98 Å². The first-order chi connectivity index (χ1) is 4.86. The molecule has 1 heterocycles. The minimum absolute atomic E-state index is 0.900. The zero-order valence-electron chi connectivity index (χ0n) is 5.39. The fourth-order valence-corrected chi connectivity index (χ4v) is 2.32. The second-order valence-electron chi connectivity index (χ2n) is 2.30. The van der Waals surface area contributed by atoms with E-state index in [1.54, 1.807) is 11.3 Å². The van der Waals surface area contributed by atoms with Crippen LogP contribution in [0.1, 0.15) is 17.0 Å². The number of fused-ring (bicyclic) bond motifs is 1. The molecule has 3 heteroatoms. The van der Waals surface area contributed by atoms with E-state index in [9.17, 15) is 0 Å². The van der Waals surface area contributed by atoms with Crippen LogP contribution in [0.2, 0.25) is 0 Å². The Kier molecular flexibility index (Phi) is 1.47. The molecule has 0 atom stereocenters. The summed E-state index contributed by atoms with van der Waals surface area (Å²) >= 11 is 6.67. The molecule has 0 saturated carbocycles. The predicted molar refractivity (Wildman–Crippen MR) is 46.9 cm³/mol. The first-order valence-corrected chi connectivity index (χ1v) is 4.47. The third-order valence-electron chi connectivity index (χ3n) is 1.58. The van der Waals surface area contributed by atoms with E-state index in [0.717, 1.165) is 16.8 Å². The number of hydrogen-bond acceptors (Lipinski definition) is 2. The Morgan fingerprint density at radius 2 is 2.50 bits per heavy atom. The average Bonchev–Trinajstić information content (AvgIpc) is 2.27. The van der Waals surface area contributed by atoms with Gasteiger partial charge in [-0.3, -0.25) is 0 Å². The molecular weight excluding hydrogens is 162 g/mol. The van der Waals surface area contributed by atoms with Gasteiger partial charge in [0.1, 0.15) is 0 Å². The Morgan fingerprint density at radius 1 is 1.60 bits per heavy atom. The first kappa shape index (κ1) is 6.31. The van der Waals surface area contributed by atoms with Crippen LogP contribution in [0.25, 0.3) is 6.08 Å². The van der Waals surface area contributed by atoms with Crippen LogP contribution in [0, 0.1) is 3.95 Å². The maximum Gasteiger partial charge on any atom is 0.159 e. The fourth-order valence-electron chi connectivity index (χ4n) is 1.11. The molecule has 0 saturated heterocycles. The summed E-state index contributed by atoms with van der Waals surface area (Å²) in [5.41, 5.74) is 1.32. The number of rotatable bonds is 0. The average molecular weight is 169 g/mol. The van der Waals surface area contributed by atoms with E-state index in [0.29, 0.717) is 0 Å². The van der Waals surface area contributed by atoms with Crippen LogP contribution in [0.3, 0.4) is 0 Å². The topological polar surface area (TPSA) is 15.8 Å². The summed E-state index contributed by atoms with van der Waals surface area (Å²) in [4.78, 5) is 4.49. The SMILES string of the molecule is S=c1[nH]c2c(s1)C=CCC2. The molecule has 1 nitrogen and oxygen atoms in total. The molecule has 1 aliphatic rings. The van der Waals surface area contributed by atoms with Crippen molar-refractivity contribution in [2.75, 3.05) is 0 Å². The van der Waals surface area contributed by atoms with Crippen molar-refractivity contribution in [3.8, 4) is 0 Å². The predicted octanol–water partition coefficient (Wildman–Crippen LogP) is 2.77. The molecule has 0 bridgehead atoms. The van der Waals surface area contributed by atoms with Crippen LogP contribution in [0.15, 0.2) is 6.08 Å². The summed E-state index contributed by atoms with van der Waals surface area (Å²) in [5, 5.41) is 0. The fraction of sp³-hybridized carbons (Fsp3) is 0.286. The van der Waals surface area contributed by atoms with Gasteiger partial charge in [-0.1, -0.05) is 6.08 Å². The highest BCUT2D eigenvalue weighted by Gasteiger charge is 2.05. The summed E-state index contributed by atoms with van der Waals surface area (Å²) in [6.45, 7) is 0. The summed E-state index contributed by atoms with van der Waals surface area (Å²) in [5.74, 6) is 0. The quantitative estimate of drug-likeness (QED) is 0.590. The van der Waals surface area contributed by atoms with E-state index in [-0.39, 0.29) is 0 Å². The molecule has 1 aromatic heterocycles. The van der Waals surface area contributed by atoms with E-state index in [4.69, 9.17) is 12.2 Å². The van der Waals surface area contributed by atoms with Gasteiger partial charge in [-0.05, 0) is 31.1 Å². The third kappa shape index (κ3) is 0.954. The first-order valence-electron chi connectivity index (χ1n) is 3.25. The van der Waals surface area contributed by atoms with Gasteiger partial charge in [-0.2, -0.15) is 0 Å². The summed E-state index contributed by atoms with van der Waals surface area (Å²) in [6, 6.07) is 0. The Labute approximate surface area is 68.4 Å². The van der Waals surface area contributed by atoms with Crippen molar-refractivity contribution in [1.29, 1.82) is 0 Å². The maximum atomic E-state index is 5.01. The lowest BCUT2D eigenvalue weighted by Gasteiger charge is -2.00. The number of nitrogens with one attached hydrogen (secondary N) is 1. The Bertz CT molecular complexity index is 319. The highest BCUT2D eigenvalue weighted by atomic mass is 32.1. The molecule has 1 aromatic rings. The van der Waals surface area contributed by atoms with Crippen LogP contribution < -0.4 is 0 Å². The molecule has 0 amide bonds. The molecule has 0 fully saturated rings. The molecular formula is C7H7NS2. The second kappa shape index (κ2) is 2.32. The van der Waals surface area contributed by atoms with Gasteiger partial charge in [-0.25, -0.2) is 0 Å². The summed E-state index contributed by atoms with van der Waals surface area (Å²) < 4.78 is 0.900. The number of aromatic amines is 1. The number of aryl methyl sites for hydroxylation is 1. The van der Waals surface area contributed by atoms with E-state index >= 15 is 0 Å². The number of aromatic nitrogens is 1. The van der Waals surface area contributed by atoms with Crippen molar-refractivity contribution in [3.63, 3.8) is 0 Å². The number of H-pyrrole nitrogens is 1. The molecule has 10 heavy (non-hydrogen) atoms. The Balaban J connectivity index is 2.63. The molecule has 0 unspecified atom stereocenters. The van der Waals surface area contributed by atoms with Gasteiger partial charge in [0.25, 0.3) is 0 Å². The van der Waals surface area contributed by atoms with E-state index < -0.39 is 0 Å². The molecule has 0 aliphatic heterocycles. The highest BCUT2D eigenvalue weighted by molar-refractivity contribution is 7.73. The Morgan fingerprint density at radius 3 is 3.30 bits per heavy atom. The number of allylic oxidation sites excluding steroid dienone is 1. The van der Waals surface area contributed by atoms with Crippen LogP contribution in [0.5, 0.6) is 0 Å². The molecule has 52 valence electrons.